The Morgan fingerprint density at radius 1 is 1.53 bits per heavy atom. The van der Waals surface area contributed by atoms with E-state index in [4.69, 9.17) is 9.52 Å². The average molecular weight is 279 g/mol. The summed E-state index contributed by atoms with van der Waals surface area (Å²) in [4.78, 5) is 10.7. The molecule has 0 spiro atoms. The number of carboxylic acids is 1. The summed E-state index contributed by atoms with van der Waals surface area (Å²) in [6.07, 6.45) is 2.15. The zero-order valence-electron chi connectivity index (χ0n) is 10.4. The lowest BCUT2D eigenvalue weighted by Crippen LogP contribution is -2.03. The Kier molecular flexibility index (Phi) is 3.06. The molecule has 1 fully saturated rings. The second-order valence-electron chi connectivity index (χ2n) is 4.50. The van der Waals surface area contributed by atoms with Gasteiger partial charge >= 0.3 is 5.97 Å². The number of carbonyl (C=O) groups is 1. The van der Waals surface area contributed by atoms with E-state index in [1.807, 2.05) is 23.6 Å². The van der Waals surface area contributed by atoms with Crippen LogP contribution in [0.5, 0.6) is 0 Å². The molecular weight excluding hydrogens is 266 g/mol. The van der Waals surface area contributed by atoms with Crippen molar-refractivity contribution in [3.8, 4) is 11.6 Å². The van der Waals surface area contributed by atoms with E-state index in [0.29, 0.717) is 22.8 Å². The molecule has 1 saturated carbocycles. The number of aromatic nitrogens is 3. The minimum absolute atomic E-state index is 0.0119. The number of rotatable bonds is 5. The van der Waals surface area contributed by atoms with Crippen LogP contribution in [0.1, 0.15) is 24.6 Å². The van der Waals surface area contributed by atoms with E-state index in [2.05, 4.69) is 10.2 Å². The smallest absolute Gasteiger partial charge is 0.313 e. The summed E-state index contributed by atoms with van der Waals surface area (Å²) in [7, 11) is 0. The average Bonchev–Trinajstić information content (AvgIpc) is 2.97. The molecule has 7 heteroatoms. The van der Waals surface area contributed by atoms with Crippen LogP contribution in [0.15, 0.2) is 21.7 Å². The van der Waals surface area contributed by atoms with Crippen molar-refractivity contribution in [2.24, 2.45) is 0 Å². The van der Waals surface area contributed by atoms with E-state index in [1.54, 1.807) is 0 Å². The van der Waals surface area contributed by atoms with E-state index >= 15 is 0 Å². The number of aryl methyl sites for hydroxylation is 1. The first kappa shape index (κ1) is 12.3. The minimum Gasteiger partial charge on any atom is -0.481 e. The van der Waals surface area contributed by atoms with Crippen molar-refractivity contribution in [2.45, 2.75) is 31.0 Å². The highest BCUT2D eigenvalue weighted by Gasteiger charge is 2.31. The van der Waals surface area contributed by atoms with Crippen LogP contribution >= 0.6 is 11.8 Å². The Labute approximate surface area is 113 Å². The quantitative estimate of drug-likeness (QED) is 0.846. The van der Waals surface area contributed by atoms with Crippen LogP contribution < -0.4 is 0 Å². The summed E-state index contributed by atoms with van der Waals surface area (Å²) >= 11 is 1.19. The van der Waals surface area contributed by atoms with Crippen molar-refractivity contribution in [1.82, 2.24) is 14.8 Å². The molecular formula is C12H13N3O3S. The molecule has 19 heavy (non-hydrogen) atoms. The predicted octanol–water partition coefficient (Wildman–Crippen LogP) is 2.36. The molecule has 0 atom stereocenters. The van der Waals surface area contributed by atoms with Crippen LogP contribution in [0.25, 0.3) is 11.6 Å². The summed E-state index contributed by atoms with van der Waals surface area (Å²) < 4.78 is 7.57. The Bertz CT molecular complexity index is 616. The van der Waals surface area contributed by atoms with Crippen molar-refractivity contribution in [3.05, 3.63) is 17.9 Å². The van der Waals surface area contributed by atoms with E-state index < -0.39 is 5.97 Å². The molecule has 3 rings (SSSR count). The first-order valence-corrected chi connectivity index (χ1v) is 7.00. The van der Waals surface area contributed by atoms with Crippen LogP contribution in [-0.4, -0.2) is 31.6 Å². The van der Waals surface area contributed by atoms with Gasteiger partial charge in [0.05, 0.1) is 5.75 Å². The summed E-state index contributed by atoms with van der Waals surface area (Å²) in [5.74, 6) is 1.32. The number of carboxylic acid groups (broad SMARTS) is 1. The molecule has 2 aromatic heterocycles. The van der Waals surface area contributed by atoms with Crippen molar-refractivity contribution in [1.29, 1.82) is 0 Å². The molecule has 0 bridgehead atoms. The number of thioether (sulfide) groups is 1. The lowest BCUT2D eigenvalue weighted by Gasteiger charge is -2.06. The Morgan fingerprint density at radius 2 is 2.32 bits per heavy atom. The molecule has 100 valence electrons. The van der Waals surface area contributed by atoms with Crippen LogP contribution in [0.2, 0.25) is 0 Å². The second-order valence-corrected chi connectivity index (χ2v) is 5.44. The van der Waals surface area contributed by atoms with Gasteiger partial charge < -0.3 is 9.52 Å². The van der Waals surface area contributed by atoms with Gasteiger partial charge in [-0.1, -0.05) is 11.8 Å². The maximum absolute atomic E-state index is 10.7. The Hall–Kier alpha value is -1.76. The zero-order chi connectivity index (χ0) is 13.4. The van der Waals surface area contributed by atoms with Crippen LogP contribution in [0.3, 0.4) is 0 Å². The van der Waals surface area contributed by atoms with Gasteiger partial charge in [-0.15, -0.1) is 10.2 Å². The maximum Gasteiger partial charge on any atom is 0.313 e. The highest BCUT2D eigenvalue weighted by molar-refractivity contribution is 7.99. The van der Waals surface area contributed by atoms with Crippen molar-refractivity contribution >= 4 is 17.7 Å². The third-order valence-corrected chi connectivity index (χ3v) is 3.79. The molecule has 1 aliphatic carbocycles. The first-order chi connectivity index (χ1) is 9.15. The monoisotopic (exact) mass is 279 g/mol. The maximum atomic E-state index is 10.7. The summed E-state index contributed by atoms with van der Waals surface area (Å²) in [6, 6.07) is 4.11. The molecule has 0 amide bonds. The van der Waals surface area contributed by atoms with Crippen molar-refractivity contribution in [2.75, 3.05) is 5.75 Å². The summed E-state index contributed by atoms with van der Waals surface area (Å²) in [5.41, 5.74) is 0. The topological polar surface area (TPSA) is 81.1 Å². The van der Waals surface area contributed by atoms with Gasteiger partial charge in [-0.25, -0.2) is 0 Å². The predicted molar refractivity (Wildman–Crippen MR) is 69.1 cm³/mol. The third kappa shape index (κ3) is 2.51. The van der Waals surface area contributed by atoms with Gasteiger partial charge in [0.2, 0.25) is 5.82 Å². The highest BCUT2D eigenvalue weighted by Crippen LogP contribution is 2.41. The summed E-state index contributed by atoms with van der Waals surface area (Å²) in [5, 5.41) is 17.6. The molecule has 0 saturated heterocycles. The fourth-order valence-corrected chi connectivity index (χ4v) is 2.61. The largest absolute Gasteiger partial charge is 0.481 e. The van der Waals surface area contributed by atoms with Gasteiger partial charge in [-0.2, -0.15) is 0 Å². The number of hydrogen-bond donors (Lipinski definition) is 1. The van der Waals surface area contributed by atoms with Crippen molar-refractivity contribution < 1.29 is 14.3 Å². The fourth-order valence-electron chi connectivity index (χ4n) is 1.89. The molecule has 0 aromatic carbocycles. The third-order valence-electron chi connectivity index (χ3n) is 2.86. The first-order valence-electron chi connectivity index (χ1n) is 6.01. The van der Waals surface area contributed by atoms with Gasteiger partial charge in [0, 0.05) is 6.04 Å². The molecule has 0 radical (unpaired) electrons. The van der Waals surface area contributed by atoms with Crippen LogP contribution in [0, 0.1) is 6.92 Å². The Morgan fingerprint density at radius 3 is 2.89 bits per heavy atom. The van der Waals surface area contributed by atoms with Gasteiger partial charge in [0.1, 0.15) is 5.76 Å². The standard InChI is InChI=1S/C12H13N3O3S/c1-7-2-5-9(18-7)11-13-14-12(19-6-10(16)17)15(11)8-3-4-8/h2,5,8H,3-4,6H2,1H3,(H,16,17). The van der Waals surface area contributed by atoms with E-state index in [0.717, 1.165) is 18.6 Å². The van der Waals surface area contributed by atoms with Crippen LogP contribution in [-0.2, 0) is 4.79 Å². The lowest BCUT2D eigenvalue weighted by molar-refractivity contribution is -0.133. The lowest BCUT2D eigenvalue weighted by atomic mass is 10.4. The second kappa shape index (κ2) is 4.73. The van der Waals surface area contributed by atoms with Crippen LogP contribution in [0.4, 0.5) is 0 Å². The molecule has 2 aromatic rings. The number of aliphatic carboxylic acids is 1. The summed E-state index contributed by atoms with van der Waals surface area (Å²) in [6.45, 7) is 1.88. The normalized spacial score (nSPS) is 14.8. The molecule has 6 nitrogen and oxygen atoms in total. The zero-order valence-corrected chi connectivity index (χ0v) is 11.2. The van der Waals surface area contributed by atoms with Gasteiger partial charge in [0.15, 0.2) is 10.9 Å². The van der Waals surface area contributed by atoms with Gasteiger partial charge in [-0.3, -0.25) is 9.36 Å². The van der Waals surface area contributed by atoms with E-state index in [-0.39, 0.29) is 5.75 Å². The van der Waals surface area contributed by atoms with Gasteiger partial charge in [-0.05, 0) is 31.9 Å². The van der Waals surface area contributed by atoms with E-state index in [1.165, 1.54) is 11.8 Å². The molecule has 1 aliphatic rings. The van der Waals surface area contributed by atoms with E-state index in [9.17, 15) is 4.79 Å². The molecule has 2 heterocycles. The SMILES string of the molecule is Cc1ccc(-c2nnc(SCC(=O)O)n2C2CC2)o1. The number of nitrogens with zero attached hydrogens (tertiary/aromatic N) is 3. The number of furan rings is 1. The van der Waals surface area contributed by atoms with Crippen molar-refractivity contribution in [3.63, 3.8) is 0 Å². The molecule has 0 aliphatic heterocycles. The molecule has 0 unspecified atom stereocenters. The fraction of sp³-hybridized carbons (Fsp3) is 0.417. The number of hydrogen-bond acceptors (Lipinski definition) is 5. The Balaban J connectivity index is 1.94. The highest BCUT2D eigenvalue weighted by atomic mass is 32.2. The molecule has 1 N–H and O–H groups in total. The van der Waals surface area contributed by atoms with Gasteiger partial charge in [0.25, 0.3) is 0 Å². The minimum atomic E-state index is -0.856.